The van der Waals surface area contributed by atoms with Crippen molar-refractivity contribution in [1.29, 1.82) is 0 Å². The zero-order chi connectivity index (χ0) is 13.2. The van der Waals surface area contributed by atoms with Gasteiger partial charge in [0.1, 0.15) is 0 Å². The van der Waals surface area contributed by atoms with Crippen molar-refractivity contribution in [1.82, 2.24) is 10.3 Å². The van der Waals surface area contributed by atoms with E-state index in [2.05, 4.69) is 10.3 Å². The molecule has 1 aliphatic rings. The van der Waals surface area contributed by atoms with Crippen LogP contribution in [0.1, 0.15) is 36.0 Å². The summed E-state index contributed by atoms with van der Waals surface area (Å²) in [7, 11) is 0. The second-order valence-electron chi connectivity index (χ2n) is 4.97. The number of rotatable bonds is 2. The molecule has 1 aromatic carbocycles. The van der Waals surface area contributed by atoms with Crippen molar-refractivity contribution in [3.8, 4) is 0 Å². The summed E-state index contributed by atoms with van der Waals surface area (Å²) >= 11 is 1.53. The van der Waals surface area contributed by atoms with Crippen LogP contribution in [-0.2, 0) is 0 Å². The number of carbonyl (C=O) groups is 1. The molecule has 0 radical (unpaired) electrons. The van der Waals surface area contributed by atoms with Gasteiger partial charge in [0.15, 0.2) is 0 Å². The third-order valence-electron chi connectivity index (χ3n) is 3.64. The van der Waals surface area contributed by atoms with E-state index in [1.165, 1.54) is 11.3 Å². The minimum atomic E-state index is -0.412. The molecule has 0 unspecified atom stereocenters. The zero-order valence-electron chi connectivity index (χ0n) is 10.5. The van der Waals surface area contributed by atoms with Gasteiger partial charge in [0.25, 0.3) is 5.91 Å². The molecule has 100 valence electrons. The molecule has 0 aliphatic heterocycles. The molecule has 0 saturated heterocycles. The molecule has 1 fully saturated rings. The van der Waals surface area contributed by atoms with Crippen molar-refractivity contribution in [2.45, 2.75) is 37.8 Å². The van der Waals surface area contributed by atoms with Gasteiger partial charge in [0.05, 0.1) is 27.9 Å². The Hall–Kier alpha value is -1.46. The maximum Gasteiger partial charge on any atom is 0.251 e. The minimum absolute atomic E-state index is 0.110. The molecule has 0 spiro atoms. The van der Waals surface area contributed by atoms with Crippen LogP contribution >= 0.6 is 11.3 Å². The first-order chi connectivity index (χ1) is 9.24. The fourth-order valence-corrected chi connectivity index (χ4v) is 3.24. The van der Waals surface area contributed by atoms with Crippen LogP contribution in [0.5, 0.6) is 0 Å². The molecular formula is C14H16N2O2S. The van der Waals surface area contributed by atoms with Crippen LogP contribution in [0.25, 0.3) is 10.2 Å². The number of thiazole rings is 1. The Labute approximate surface area is 115 Å². The highest BCUT2D eigenvalue weighted by Crippen LogP contribution is 2.21. The van der Waals surface area contributed by atoms with Gasteiger partial charge in [0.2, 0.25) is 0 Å². The molecule has 4 nitrogen and oxygen atoms in total. The molecular weight excluding hydrogens is 260 g/mol. The van der Waals surface area contributed by atoms with E-state index in [0.29, 0.717) is 5.56 Å². The number of amides is 1. The van der Waals surface area contributed by atoms with E-state index in [1.807, 2.05) is 12.1 Å². The SMILES string of the molecule is O=C(N[C@H]1CCCC[C@@H]1O)c1ccc2ncsc2c1. The normalized spacial score (nSPS) is 23.4. The monoisotopic (exact) mass is 276 g/mol. The van der Waals surface area contributed by atoms with E-state index in [1.54, 1.807) is 11.6 Å². The summed E-state index contributed by atoms with van der Waals surface area (Å²) in [6.07, 6.45) is 3.33. The summed E-state index contributed by atoms with van der Waals surface area (Å²) in [6.45, 7) is 0. The second-order valence-corrected chi connectivity index (χ2v) is 5.85. The van der Waals surface area contributed by atoms with E-state index in [9.17, 15) is 9.90 Å². The summed E-state index contributed by atoms with van der Waals surface area (Å²) in [5.41, 5.74) is 3.32. The van der Waals surface area contributed by atoms with Crippen molar-refractivity contribution >= 4 is 27.5 Å². The zero-order valence-corrected chi connectivity index (χ0v) is 11.3. The largest absolute Gasteiger partial charge is 0.391 e. The highest BCUT2D eigenvalue weighted by atomic mass is 32.1. The summed E-state index contributed by atoms with van der Waals surface area (Å²) in [4.78, 5) is 16.4. The predicted molar refractivity (Wildman–Crippen MR) is 75.3 cm³/mol. The summed E-state index contributed by atoms with van der Waals surface area (Å²) in [6, 6.07) is 5.39. The molecule has 5 heteroatoms. The van der Waals surface area contributed by atoms with Crippen molar-refractivity contribution in [3.63, 3.8) is 0 Å². The second kappa shape index (κ2) is 5.27. The Bertz CT molecular complexity index is 596. The van der Waals surface area contributed by atoms with Gasteiger partial charge in [-0.15, -0.1) is 11.3 Å². The van der Waals surface area contributed by atoms with Crippen molar-refractivity contribution in [2.24, 2.45) is 0 Å². The van der Waals surface area contributed by atoms with E-state index in [0.717, 1.165) is 35.9 Å². The molecule has 1 aromatic heterocycles. The molecule has 1 heterocycles. The van der Waals surface area contributed by atoms with E-state index in [-0.39, 0.29) is 11.9 Å². The summed E-state index contributed by atoms with van der Waals surface area (Å²) < 4.78 is 1.01. The van der Waals surface area contributed by atoms with Crippen molar-refractivity contribution in [2.75, 3.05) is 0 Å². The number of hydrogen-bond acceptors (Lipinski definition) is 4. The lowest BCUT2D eigenvalue weighted by molar-refractivity contribution is 0.0717. The number of fused-ring (bicyclic) bond motifs is 1. The molecule has 3 rings (SSSR count). The molecule has 1 aliphatic carbocycles. The van der Waals surface area contributed by atoms with E-state index >= 15 is 0 Å². The Kier molecular flexibility index (Phi) is 3.48. The standard InChI is InChI=1S/C14H16N2O2S/c17-12-4-2-1-3-10(12)16-14(18)9-5-6-11-13(7-9)19-8-15-11/h5-8,10,12,17H,1-4H2,(H,16,18)/t10-,12-/m0/s1. The number of aromatic nitrogens is 1. The van der Waals surface area contributed by atoms with Gasteiger partial charge in [-0.2, -0.15) is 0 Å². The maximum atomic E-state index is 12.2. The van der Waals surface area contributed by atoms with Crippen LogP contribution in [-0.4, -0.2) is 28.1 Å². The smallest absolute Gasteiger partial charge is 0.251 e. The van der Waals surface area contributed by atoms with Gasteiger partial charge >= 0.3 is 0 Å². The topological polar surface area (TPSA) is 62.2 Å². The van der Waals surface area contributed by atoms with Gasteiger partial charge < -0.3 is 10.4 Å². The van der Waals surface area contributed by atoms with Gasteiger partial charge in [-0.3, -0.25) is 4.79 Å². The molecule has 19 heavy (non-hydrogen) atoms. The van der Waals surface area contributed by atoms with Gasteiger partial charge in [0, 0.05) is 5.56 Å². The lowest BCUT2D eigenvalue weighted by atomic mass is 9.92. The van der Waals surface area contributed by atoms with Crippen LogP contribution in [0.15, 0.2) is 23.7 Å². The van der Waals surface area contributed by atoms with Crippen LogP contribution < -0.4 is 5.32 Å². The number of benzene rings is 1. The first-order valence-corrected chi connectivity index (χ1v) is 7.44. The number of aliphatic hydroxyl groups is 1. The third-order valence-corrected chi connectivity index (χ3v) is 4.43. The van der Waals surface area contributed by atoms with E-state index < -0.39 is 6.10 Å². The fourth-order valence-electron chi connectivity index (χ4n) is 2.53. The highest BCUT2D eigenvalue weighted by Gasteiger charge is 2.24. The quantitative estimate of drug-likeness (QED) is 0.885. The van der Waals surface area contributed by atoms with E-state index in [4.69, 9.17) is 0 Å². The van der Waals surface area contributed by atoms with Crippen molar-refractivity contribution < 1.29 is 9.90 Å². The first-order valence-electron chi connectivity index (χ1n) is 6.56. The Morgan fingerprint density at radius 2 is 2.21 bits per heavy atom. The van der Waals surface area contributed by atoms with Crippen molar-refractivity contribution in [3.05, 3.63) is 29.3 Å². The molecule has 1 amide bonds. The molecule has 1 saturated carbocycles. The number of carbonyl (C=O) groups excluding carboxylic acids is 1. The number of nitrogens with one attached hydrogen (secondary N) is 1. The molecule has 2 aromatic rings. The van der Waals surface area contributed by atoms with Crippen LogP contribution in [0.3, 0.4) is 0 Å². The Morgan fingerprint density at radius 3 is 3.05 bits per heavy atom. The van der Waals surface area contributed by atoms with Crippen LogP contribution in [0.4, 0.5) is 0 Å². The molecule has 2 N–H and O–H groups in total. The summed E-state index contributed by atoms with van der Waals surface area (Å²) in [5.74, 6) is -0.110. The Balaban J connectivity index is 1.75. The van der Waals surface area contributed by atoms with Crippen LogP contribution in [0.2, 0.25) is 0 Å². The molecule has 0 bridgehead atoms. The maximum absolute atomic E-state index is 12.2. The number of aliphatic hydroxyl groups excluding tert-OH is 1. The predicted octanol–water partition coefficient (Wildman–Crippen LogP) is 2.33. The average Bonchev–Trinajstić information content (AvgIpc) is 2.88. The average molecular weight is 276 g/mol. The number of hydrogen-bond donors (Lipinski definition) is 2. The lowest BCUT2D eigenvalue weighted by Gasteiger charge is -2.28. The van der Waals surface area contributed by atoms with Gasteiger partial charge in [-0.05, 0) is 31.0 Å². The van der Waals surface area contributed by atoms with Gasteiger partial charge in [-0.1, -0.05) is 12.8 Å². The third kappa shape index (κ3) is 2.62. The first kappa shape index (κ1) is 12.6. The molecule has 2 atom stereocenters. The lowest BCUT2D eigenvalue weighted by Crippen LogP contribution is -2.45. The fraction of sp³-hybridized carbons (Fsp3) is 0.429. The summed E-state index contributed by atoms with van der Waals surface area (Å²) in [5, 5.41) is 12.8. The highest BCUT2D eigenvalue weighted by molar-refractivity contribution is 7.16. The minimum Gasteiger partial charge on any atom is -0.391 e. The van der Waals surface area contributed by atoms with Gasteiger partial charge in [-0.25, -0.2) is 4.98 Å². The van der Waals surface area contributed by atoms with Crippen LogP contribution in [0, 0.1) is 0 Å². The number of nitrogens with zero attached hydrogens (tertiary/aromatic N) is 1. The Morgan fingerprint density at radius 1 is 1.37 bits per heavy atom.